The minimum Gasteiger partial charge on any atom is -0.259 e. The average Bonchev–Trinajstić information content (AvgIpc) is 2.61. The van der Waals surface area contributed by atoms with Crippen LogP contribution in [0.5, 0.6) is 0 Å². The molecule has 0 unspecified atom stereocenters. The molecule has 0 bridgehead atoms. The van der Waals surface area contributed by atoms with Crippen LogP contribution >= 0.6 is 0 Å². The van der Waals surface area contributed by atoms with Crippen LogP contribution in [0.25, 0.3) is 0 Å². The molecule has 28 heavy (non-hydrogen) atoms. The molecule has 2 aromatic carbocycles. The number of nitrogens with one attached hydrogen (secondary N) is 1. The molecular formula is C24H35N3Zr. The predicted octanol–water partition coefficient (Wildman–Crippen LogP) is 8.29. The van der Waals surface area contributed by atoms with Crippen LogP contribution in [0.4, 0.5) is 11.4 Å². The fourth-order valence-corrected chi connectivity index (χ4v) is 3.43. The molecule has 0 heterocycles. The molecule has 2 aromatic rings. The summed E-state index contributed by atoms with van der Waals surface area (Å²) in [6, 6.07) is 12.9. The Balaban J connectivity index is 0.00000392. The summed E-state index contributed by atoms with van der Waals surface area (Å²) in [5.41, 5.74) is 10.4. The maximum atomic E-state index is 4.66. The smallest absolute Gasteiger partial charge is 0.0943 e. The van der Waals surface area contributed by atoms with Gasteiger partial charge in [0.05, 0.1) is 11.4 Å². The van der Waals surface area contributed by atoms with E-state index in [-0.39, 0.29) is 26.2 Å². The predicted molar refractivity (Wildman–Crippen MR) is 117 cm³/mol. The van der Waals surface area contributed by atoms with Crippen LogP contribution in [0.3, 0.4) is 0 Å². The van der Waals surface area contributed by atoms with Gasteiger partial charge in [-0.15, -0.1) is 5.11 Å². The molecule has 0 spiro atoms. The Labute approximate surface area is 190 Å². The molecule has 0 saturated carbocycles. The maximum absolute atomic E-state index is 4.66. The van der Waals surface area contributed by atoms with Gasteiger partial charge in [-0.1, -0.05) is 97.0 Å². The van der Waals surface area contributed by atoms with E-state index in [1.165, 1.54) is 22.3 Å². The number of rotatable bonds is 7. The molecule has 0 fully saturated rings. The molecule has 0 aliphatic carbocycles. The average molecular weight is 457 g/mol. The van der Waals surface area contributed by atoms with E-state index in [0.717, 1.165) is 11.4 Å². The fraction of sp³-hybridized carbons (Fsp3) is 0.500. The Kier molecular flexibility index (Phi) is 9.77. The Morgan fingerprint density at radius 1 is 0.607 bits per heavy atom. The van der Waals surface area contributed by atoms with Crippen molar-refractivity contribution >= 4 is 11.4 Å². The zero-order chi connectivity index (χ0) is 20.1. The quantitative estimate of drug-likeness (QED) is 0.330. The molecule has 0 radical (unpaired) electrons. The van der Waals surface area contributed by atoms with Crippen LogP contribution < -0.4 is 5.43 Å². The standard InChI is InChI=1S/C24H35N3.Zr/c1-15(2)19-11-9-12-20(16(3)4)23(19)25-27-26-24-21(17(5)6)13-10-14-22(24)18(7)8;/h9-18H,1-8H3,(H,25,26);. The summed E-state index contributed by atoms with van der Waals surface area (Å²) < 4.78 is 0. The Hall–Kier alpha value is -1.28. The summed E-state index contributed by atoms with van der Waals surface area (Å²) in [5.74, 6) is 1.67. The number of hydrogen-bond acceptors (Lipinski definition) is 2. The van der Waals surface area contributed by atoms with Crippen molar-refractivity contribution in [2.24, 2.45) is 10.3 Å². The van der Waals surface area contributed by atoms with Gasteiger partial charge in [-0.2, -0.15) is 0 Å². The van der Waals surface area contributed by atoms with Crippen LogP contribution in [-0.4, -0.2) is 0 Å². The normalized spacial score (nSPS) is 11.7. The van der Waals surface area contributed by atoms with Crippen molar-refractivity contribution in [1.29, 1.82) is 0 Å². The molecule has 4 heteroatoms. The SMILES string of the molecule is CC(C)c1cccc(C(C)C)c1N=NNc1c(C(C)C)cccc1C(C)C.[Zr]. The van der Waals surface area contributed by atoms with Crippen molar-refractivity contribution in [2.75, 3.05) is 5.43 Å². The van der Waals surface area contributed by atoms with Gasteiger partial charge in [0.2, 0.25) is 0 Å². The number of nitrogens with zero attached hydrogens (tertiary/aromatic N) is 2. The van der Waals surface area contributed by atoms with E-state index in [2.05, 4.69) is 108 Å². The Morgan fingerprint density at radius 2 is 0.964 bits per heavy atom. The first-order chi connectivity index (χ1) is 12.7. The largest absolute Gasteiger partial charge is 0.259 e. The van der Waals surface area contributed by atoms with E-state index in [9.17, 15) is 0 Å². The van der Waals surface area contributed by atoms with Gasteiger partial charge in [-0.25, -0.2) is 0 Å². The summed E-state index contributed by atoms with van der Waals surface area (Å²) >= 11 is 0. The minimum absolute atomic E-state index is 0. The molecular weight excluding hydrogens is 422 g/mol. The van der Waals surface area contributed by atoms with Crippen LogP contribution in [0.2, 0.25) is 0 Å². The van der Waals surface area contributed by atoms with Crippen molar-refractivity contribution in [3.8, 4) is 0 Å². The second-order valence-electron chi connectivity index (χ2n) is 8.53. The van der Waals surface area contributed by atoms with Crippen molar-refractivity contribution in [2.45, 2.75) is 79.1 Å². The third-order valence-corrected chi connectivity index (χ3v) is 5.03. The second-order valence-corrected chi connectivity index (χ2v) is 8.53. The molecule has 0 amide bonds. The van der Waals surface area contributed by atoms with Gasteiger partial charge >= 0.3 is 0 Å². The van der Waals surface area contributed by atoms with Crippen molar-refractivity contribution in [3.63, 3.8) is 0 Å². The minimum atomic E-state index is 0. The van der Waals surface area contributed by atoms with E-state index < -0.39 is 0 Å². The summed E-state index contributed by atoms with van der Waals surface area (Å²) in [6.45, 7) is 17.7. The van der Waals surface area contributed by atoms with Gasteiger partial charge in [0.25, 0.3) is 0 Å². The van der Waals surface area contributed by atoms with E-state index in [1.807, 2.05) is 0 Å². The number of para-hydroxylation sites is 1. The van der Waals surface area contributed by atoms with Gasteiger partial charge in [-0.05, 0) is 45.9 Å². The molecule has 0 aromatic heterocycles. The third-order valence-electron chi connectivity index (χ3n) is 5.03. The first kappa shape index (κ1) is 24.8. The first-order valence-corrected chi connectivity index (χ1v) is 10.2. The summed E-state index contributed by atoms with van der Waals surface area (Å²) in [4.78, 5) is 0. The summed E-state index contributed by atoms with van der Waals surface area (Å²) in [5, 5.41) is 9.12. The van der Waals surface area contributed by atoms with Gasteiger partial charge in [0.15, 0.2) is 0 Å². The number of benzene rings is 2. The van der Waals surface area contributed by atoms with E-state index >= 15 is 0 Å². The van der Waals surface area contributed by atoms with Gasteiger partial charge in [0, 0.05) is 26.2 Å². The number of hydrogen-bond donors (Lipinski definition) is 1. The second kappa shape index (κ2) is 11.0. The molecule has 1 N–H and O–H groups in total. The zero-order valence-electron chi connectivity index (χ0n) is 18.7. The molecule has 2 rings (SSSR count). The molecule has 3 nitrogen and oxygen atoms in total. The fourth-order valence-electron chi connectivity index (χ4n) is 3.43. The topological polar surface area (TPSA) is 36.8 Å². The first-order valence-electron chi connectivity index (χ1n) is 10.2. The molecule has 0 atom stereocenters. The van der Waals surface area contributed by atoms with Crippen LogP contribution in [0.1, 0.15) is 101 Å². The van der Waals surface area contributed by atoms with Crippen LogP contribution in [-0.2, 0) is 26.2 Å². The Bertz CT molecular complexity index is 740. The van der Waals surface area contributed by atoms with Gasteiger partial charge < -0.3 is 0 Å². The van der Waals surface area contributed by atoms with E-state index in [0.29, 0.717) is 23.7 Å². The van der Waals surface area contributed by atoms with E-state index in [1.54, 1.807) is 0 Å². The van der Waals surface area contributed by atoms with Crippen LogP contribution in [0.15, 0.2) is 46.7 Å². The van der Waals surface area contributed by atoms with Crippen molar-refractivity contribution in [1.82, 2.24) is 0 Å². The number of anilines is 1. The van der Waals surface area contributed by atoms with Crippen molar-refractivity contribution < 1.29 is 26.2 Å². The third kappa shape index (κ3) is 5.86. The molecule has 0 saturated heterocycles. The molecule has 0 aliphatic rings. The maximum Gasteiger partial charge on any atom is 0.0943 e. The molecule has 150 valence electrons. The van der Waals surface area contributed by atoms with Crippen LogP contribution in [0, 0.1) is 0 Å². The van der Waals surface area contributed by atoms with Gasteiger partial charge in [-0.3, -0.25) is 5.43 Å². The van der Waals surface area contributed by atoms with Gasteiger partial charge in [0.1, 0.15) is 0 Å². The van der Waals surface area contributed by atoms with E-state index in [4.69, 9.17) is 0 Å². The molecule has 0 aliphatic heterocycles. The zero-order valence-corrected chi connectivity index (χ0v) is 21.1. The monoisotopic (exact) mass is 455 g/mol. The summed E-state index contributed by atoms with van der Waals surface area (Å²) in [6.07, 6.45) is 0. The summed E-state index contributed by atoms with van der Waals surface area (Å²) in [7, 11) is 0. The van der Waals surface area contributed by atoms with Crippen molar-refractivity contribution in [3.05, 3.63) is 58.7 Å². The Morgan fingerprint density at radius 3 is 1.32 bits per heavy atom.